The molecule has 0 spiro atoms. The van der Waals surface area contributed by atoms with Crippen molar-refractivity contribution in [3.63, 3.8) is 0 Å². The fourth-order valence-corrected chi connectivity index (χ4v) is 7.71. The number of esters is 1. The highest BCUT2D eigenvalue weighted by molar-refractivity contribution is 7.90. The summed E-state index contributed by atoms with van der Waals surface area (Å²) in [5.41, 5.74) is 1.35. The van der Waals surface area contributed by atoms with Gasteiger partial charge < -0.3 is 10.1 Å². The van der Waals surface area contributed by atoms with E-state index in [9.17, 15) is 22.4 Å². The number of ether oxygens (including phenoxy) is 1. The van der Waals surface area contributed by atoms with Crippen LogP contribution in [-0.2, 0) is 26.7 Å². The number of rotatable bonds is 4. The normalized spacial score (nSPS) is 15.0. The molecule has 3 aromatic rings. The third kappa shape index (κ3) is 3.63. The molecule has 1 N–H and O–H groups in total. The maximum atomic E-state index is 14.2. The first-order valence-electron chi connectivity index (χ1n) is 9.23. The van der Waals surface area contributed by atoms with Crippen LogP contribution in [0.4, 0.5) is 9.39 Å². The van der Waals surface area contributed by atoms with Crippen molar-refractivity contribution >= 4 is 59.5 Å². The van der Waals surface area contributed by atoms with Gasteiger partial charge in [-0.1, -0.05) is 6.07 Å². The lowest BCUT2D eigenvalue weighted by atomic mass is 10.1. The summed E-state index contributed by atoms with van der Waals surface area (Å²) in [5.74, 6) is -1.68. The van der Waals surface area contributed by atoms with Crippen molar-refractivity contribution in [3.05, 3.63) is 50.5 Å². The van der Waals surface area contributed by atoms with Crippen LogP contribution in [0.3, 0.4) is 0 Å². The molecule has 0 atom stereocenters. The largest absolute Gasteiger partial charge is 0.462 e. The predicted molar refractivity (Wildman–Crippen MR) is 116 cm³/mol. The van der Waals surface area contributed by atoms with Crippen molar-refractivity contribution < 1.29 is 27.1 Å². The van der Waals surface area contributed by atoms with Gasteiger partial charge in [0, 0.05) is 15.0 Å². The number of amides is 1. The minimum absolute atomic E-state index is 0.0504. The molecule has 0 fully saturated rings. The van der Waals surface area contributed by atoms with Crippen molar-refractivity contribution in [2.75, 3.05) is 17.7 Å². The Morgan fingerprint density at radius 2 is 2.03 bits per heavy atom. The molecule has 1 aliphatic heterocycles. The number of hydrogen-bond acceptors (Lipinski definition) is 7. The molecule has 1 amide bonds. The summed E-state index contributed by atoms with van der Waals surface area (Å²) < 4.78 is 44.0. The van der Waals surface area contributed by atoms with E-state index in [1.807, 2.05) is 0 Å². The SMILES string of the molecule is CCOC(=O)c1c(NC(=O)c2sc3cccc(F)c3c2C)sc2c1CCS(=O)(=O)C2. The van der Waals surface area contributed by atoms with Crippen LogP contribution < -0.4 is 5.32 Å². The Kier molecular flexibility index (Phi) is 5.41. The summed E-state index contributed by atoms with van der Waals surface area (Å²) in [4.78, 5) is 26.4. The number of fused-ring (bicyclic) bond motifs is 2. The highest BCUT2D eigenvalue weighted by Gasteiger charge is 2.32. The molecule has 6 nitrogen and oxygen atoms in total. The highest BCUT2D eigenvalue weighted by atomic mass is 32.2. The Balaban J connectivity index is 1.75. The van der Waals surface area contributed by atoms with Gasteiger partial charge in [0.15, 0.2) is 9.84 Å². The van der Waals surface area contributed by atoms with Gasteiger partial charge in [-0.2, -0.15) is 0 Å². The number of carbonyl (C=O) groups is 2. The van der Waals surface area contributed by atoms with Crippen molar-refractivity contribution in [1.82, 2.24) is 0 Å². The van der Waals surface area contributed by atoms with Crippen LogP contribution in [0.25, 0.3) is 10.1 Å². The lowest BCUT2D eigenvalue weighted by molar-refractivity contribution is 0.0527. The zero-order valence-electron chi connectivity index (χ0n) is 16.2. The number of nitrogens with one attached hydrogen (secondary N) is 1. The quantitative estimate of drug-likeness (QED) is 0.578. The molecule has 0 unspecified atom stereocenters. The van der Waals surface area contributed by atoms with E-state index in [1.54, 1.807) is 26.0 Å². The molecule has 2 aromatic heterocycles. The Hall–Kier alpha value is -2.30. The van der Waals surface area contributed by atoms with E-state index < -0.39 is 27.5 Å². The summed E-state index contributed by atoms with van der Waals surface area (Å²) >= 11 is 2.24. The molecule has 4 rings (SSSR count). The van der Waals surface area contributed by atoms with Gasteiger partial charge in [0.25, 0.3) is 5.91 Å². The van der Waals surface area contributed by atoms with E-state index in [1.165, 1.54) is 17.4 Å². The Bertz CT molecular complexity index is 1290. The van der Waals surface area contributed by atoms with Crippen LogP contribution >= 0.6 is 22.7 Å². The van der Waals surface area contributed by atoms with E-state index in [0.717, 1.165) is 11.3 Å². The van der Waals surface area contributed by atoms with Gasteiger partial charge in [-0.15, -0.1) is 22.7 Å². The molecule has 0 bridgehead atoms. The number of aryl methyl sites for hydroxylation is 1. The van der Waals surface area contributed by atoms with Crippen LogP contribution in [0.1, 0.15) is 43.0 Å². The molecule has 1 aromatic carbocycles. The monoisotopic (exact) mass is 467 g/mol. The number of carbonyl (C=O) groups excluding carboxylic acids is 2. The van der Waals surface area contributed by atoms with E-state index in [4.69, 9.17) is 4.74 Å². The van der Waals surface area contributed by atoms with E-state index in [0.29, 0.717) is 31.0 Å². The number of hydrogen-bond donors (Lipinski definition) is 1. The standard InChI is InChI=1S/C20H18FNO5S3/c1-3-27-20(24)16-11-7-8-30(25,26)9-14(11)29-19(16)22-18(23)17-10(2)15-12(21)5-4-6-13(15)28-17/h4-6H,3,7-9H2,1-2H3,(H,22,23). The second-order valence-corrected chi connectivity index (χ2v) is 11.2. The molecular weight excluding hydrogens is 449 g/mol. The lowest BCUT2D eigenvalue weighted by Gasteiger charge is -2.13. The molecule has 0 aliphatic carbocycles. The summed E-state index contributed by atoms with van der Waals surface area (Å²) in [6.07, 6.45) is 0.200. The van der Waals surface area contributed by atoms with Crippen LogP contribution in [0.15, 0.2) is 18.2 Å². The van der Waals surface area contributed by atoms with Gasteiger partial charge in [0.05, 0.1) is 28.6 Å². The van der Waals surface area contributed by atoms with Gasteiger partial charge in [-0.3, -0.25) is 4.79 Å². The van der Waals surface area contributed by atoms with Crippen LogP contribution in [0.5, 0.6) is 0 Å². The number of benzene rings is 1. The summed E-state index contributed by atoms with van der Waals surface area (Å²) in [6, 6.07) is 4.67. The average Bonchev–Trinajstić information content (AvgIpc) is 3.19. The molecule has 158 valence electrons. The van der Waals surface area contributed by atoms with Crippen molar-refractivity contribution in [2.45, 2.75) is 26.0 Å². The topological polar surface area (TPSA) is 89.5 Å². The third-order valence-corrected chi connectivity index (χ3v) is 9.06. The fourth-order valence-electron chi connectivity index (χ4n) is 3.56. The first-order chi connectivity index (χ1) is 14.2. The van der Waals surface area contributed by atoms with Gasteiger partial charge in [0.2, 0.25) is 0 Å². The Morgan fingerprint density at radius 1 is 1.27 bits per heavy atom. The maximum Gasteiger partial charge on any atom is 0.341 e. The minimum Gasteiger partial charge on any atom is -0.462 e. The van der Waals surface area contributed by atoms with Crippen LogP contribution in [-0.4, -0.2) is 32.7 Å². The number of sulfone groups is 1. The first-order valence-corrected chi connectivity index (χ1v) is 12.7. The van der Waals surface area contributed by atoms with Gasteiger partial charge >= 0.3 is 5.97 Å². The third-order valence-electron chi connectivity index (χ3n) is 4.92. The zero-order valence-corrected chi connectivity index (χ0v) is 18.7. The van der Waals surface area contributed by atoms with Crippen LogP contribution in [0, 0.1) is 12.7 Å². The number of thiophene rings is 2. The molecule has 1 aliphatic rings. The number of halogens is 1. The number of anilines is 1. The van der Waals surface area contributed by atoms with Gasteiger partial charge in [-0.25, -0.2) is 17.6 Å². The van der Waals surface area contributed by atoms with Gasteiger partial charge in [0.1, 0.15) is 10.8 Å². The average molecular weight is 468 g/mol. The van der Waals surface area contributed by atoms with Gasteiger partial charge in [-0.05, 0) is 43.5 Å². The molecule has 10 heteroatoms. The van der Waals surface area contributed by atoms with E-state index >= 15 is 0 Å². The zero-order chi connectivity index (χ0) is 21.6. The minimum atomic E-state index is -3.24. The lowest BCUT2D eigenvalue weighted by Crippen LogP contribution is -2.20. The fraction of sp³-hybridized carbons (Fsp3) is 0.300. The van der Waals surface area contributed by atoms with Crippen molar-refractivity contribution in [3.8, 4) is 0 Å². The summed E-state index contributed by atoms with van der Waals surface area (Å²) in [7, 11) is -3.24. The first kappa shape index (κ1) is 21.0. The molecule has 30 heavy (non-hydrogen) atoms. The predicted octanol–water partition coefficient (Wildman–Crippen LogP) is 4.31. The van der Waals surface area contributed by atoms with Crippen molar-refractivity contribution in [2.24, 2.45) is 0 Å². The smallest absolute Gasteiger partial charge is 0.341 e. The second-order valence-electron chi connectivity index (χ2n) is 6.89. The second kappa shape index (κ2) is 7.75. The Morgan fingerprint density at radius 3 is 2.73 bits per heavy atom. The Labute approximate surface area is 180 Å². The van der Waals surface area contributed by atoms with Crippen LogP contribution in [0.2, 0.25) is 0 Å². The van der Waals surface area contributed by atoms with E-state index in [2.05, 4.69) is 5.32 Å². The molecule has 3 heterocycles. The summed E-state index contributed by atoms with van der Waals surface area (Å²) in [6.45, 7) is 3.51. The van der Waals surface area contributed by atoms with E-state index in [-0.39, 0.29) is 35.1 Å². The molecule has 0 saturated heterocycles. The summed E-state index contributed by atoms with van der Waals surface area (Å²) in [5, 5.41) is 3.40. The highest BCUT2D eigenvalue weighted by Crippen LogP contribution is 2.39. The molecule has 0 saturated carbocycles. The van der Waals surface area contributed by atoms with Crippen molar-refractivity contribution in [1.29, 1.82) is 0 Å². The maximum absolute atomic E-state index is 14.2. The molecular formula is C20H18FNO5S3. The molecule has 0 radical (unpaired) electrons.